The first-order valence-corrected chi connectivity index (χ1v) is 7.38. The fourth-order valence-corrected chi connectivity index (χ4v) is 3.32. The van der Waals surface area contributed by atoms with Crippen molar-refractivity contribution in [2.45, 2.75) is 38.1 Å². The topological polar surface area (TPSA) is 43.8 Å². The summed E-state index contributed by atoms with van der Waals surface area (Å²) >= 11 is 3.44. The molecule has 0 saturated carbocycles. The molecule has 2 N–H and O–H groups in total. The van der Waals surface area contributed by atoms with Crippen molar-refractivity contribution < 1.29 is 0 Å². The van der Waals surface area contributed by atoms with Crippen LogP contribution in [0.15, 0.2) is 34.9 Å². The SMILES string of the molecule is CC1(C)CCC(n2ncc(Br)c2N)c2ccccc21. The van der Waals surface area contributed by atoms with Gasteiger partial charge in [-0.2, -0.15) is 5.10 Å². The Balaban J connectivity index is 2.13. The predicted molar refractivity (Wildman–Crippen MR) is 81.2 cm³/mol. The first-order valence-electron chi connectivity index (χ1n) is 6.58. The van der Waals surface area contributed by atoms with Crippen LogP contribution in [0.25, 0.3) is 0 Å². The zero-order chi connectivity index (χ0) is 13.6. The molecule has 1 atom stereocenters. The van der Waals surface area contributed by atoms with Gasteiger partial charge in [-0.15, -0.1) is 0 Å². The summed E-state index contributed by atoms with van der Waals surface area (Å²) in [5.74, 6) is 0.708. The van der Waals surface area contributed by atoms with Crippen LogP contribution >= 0.6 is 15.9 Å². The molecule has 1 aliphatic carbocycles. The van der Waals surface area contributed by atoms with Crippen molar-refractivity contribution in [2.24, 2.45) is 0 Å². The Hall–Kier alpha value is -1.29. The number of hydrogen-bond acceptors (Lipinski definition) is 2. The smallest absolute Gasteiger partial charge is 0.136 e. The largest absolute Gasteiger partial charge is 0.383 e. The molecule has 1 unspecified atom stereocenters. The van der Waals surface area contributed by atoms with Crippen LogP contribution in [0.1, 0.15) is 43.9 Å². The van der Waals surface area contributed by atoms with Gasteiger partial charge in [0.05, 0.1) is 16.7 Å². The molecule has 4 heteroatoms. The van der Waals surface area contributed by atoms with E-state index in [1.807, 2.05) is 4.68 Å². The van der Waals surface area contributed by atoms with E-state index < -0.39 is 0 Å². The van der Waals surface area contributed by atoms with Gasteiger partial charge in [-0.1, -0.05) is 38.1 Å². The molecule has 0 amide bonds. The van der Waals surface area contributed by atoms with E-state index in [-0.39, 0.29) is 11.5 Å². The van der Waals surface area contributed by atoms with Gasteiger partial charge in [0.25, 0.3) is 0 Å². The first kappa shape index (κ1) is 12.7. The molecule has 0 saturated heterocycles. The minimum Gasteiger partial charge on any atom is -0.383 e. The van der Waals surface area contributed by atoms with Gasteiger partial charge in [0.1, 0.15) is 5.82 Å². The molecule has 1 aromatic heterocycles. The van der Waals surface area contributed by atoms with Gasteiger partial charge < -0.3 is 5.73 Å². The lowest BCUT2D eigenvalue weighted by molar-refractivity contribution is 0.355. The second-order valence-electron chi connectivity index (χ2n) is 5.85. The van der Waals surface area contributed by atoms with E-state index in [0.717, 1.165) is 17.3 Å². The summed E-state index contributed by atoms with van der Waals surface area (Å²) in [4.78, 5) is 0. The molecule has 2 aromatic rings. The number of fused-ring (bicyclic) bond motifs is 1. The molecule has 0 radical (unpaired) electrons. The average Bonchev–Trinajstić information content (AvgIpc) is 2.71. The van der Waals surface area contributed by atoms with Crippen LogP contribution in [0.2, 0.25) is 0 Å². The zero-order valence-corrected chi connectivity index (χ0v) is 12.8. The highest BCUT2D eigenvalue weighted by atomic mass is 79.9. The normalized spacial score (nSPS) is 21.1. The molecule has 1 aromatic carbocycles. The quantitative estimate of drug-likeness (QED) is 0.866. The molecular formula is C15H18BrN3. The maximum Gasteiger partial charge on any atom is 0.136 e. The number of halogens is 1. The molecule has 3 rings (SSSR count). The highest BCUT2D eigenvalue weighted by Crippen LogP contribution is 2.43. The summed E-state index contributed by atoms with van der Waals surface area (Å²) in [5, 5.41) is 4.43. The summed E-state index contributed by atoms with van der Waals surface area (Å²) in [6.45, 7) is 4.62. The van der Waals surface area contributed by atoms with Crippen LogP contribution in [-0.4, -0.2) is 9.78 Å². The van der Waals surface area contributed by atoms with E-state index >= 15 is 0 Å². The van der Waals surface area contributed by atoms with E-state index in [4.69, 9.17) is 5.73 Å². The van der Waals surface area contributed by atoms with Crippen LogP contribution in [0.4, 0.5) is 5.82 Å². The van der Waals surface area contributed by atoms with Gasteiger partial charge in [-0.25, -0.2) is 4.68 Å². The van der Waals surface area contributed by atoms with E-state index in [1.165, 1.54) is 11.1 Å². The zero-order valence-electron chi connectivity index (χ0n) is 11.2. The molecule has 1 heterocycles. The third kappa shape index (κ3) is 1.98. The number of nitrogens with zero attached hydrogens (tertiary/aromatic N) is 2. The van der Waals surface area contributed by atoms with Crippen LogP contribution in [0.3, 0.4) is 0 Å². The van der Waals surface area contributed by atoms with E-state index in [0.29, 0.717) is 5.82 Å². The Bertz CT molecular complexity index is 616. The molecule has 1 aliphatic rings. The number of rotatable bonds is 1. The number of benzene rings is 1. The van der Waals surface area contributed by atoms with Gasteiger partial charge >= 0.3 is 0 Å². The summed E-state index contributed by atoms with van der Waals surface area (Å²) < 4.78 is 2.81. The van der Waals surface area contributed by atoms with Gasteiger partial charge in [0.2, 0.25) is 0 Å². The van der Waals surface area contributed by atoms with Crippen molar-refractivity contribution in [3.63, 3.8) is 0 Å². The number of nitrogens with two attached hydrogens (primary N) is 1. The lowest BCUT2D eigenvalue weighted by Crippen LogP contribution is -2.29. The monoisotopic (exact) mass is 319 g/mol. The molecule has 0 aliphatic heterocycles. The van der Waals surface area contributed by atoms with E-state index in [1.54, 1.807) is 6.20 Å². The van der Waals surface area contributed by atoms with Crippen LogP contribution < -0.4 is 5.73 Å². The van der Waals surface area contributed by atoms with Crippen molar-refractivity contribution in [3.05, 3.63) is 46.1 Å². The Morgan fingerprint density at radius 1 is 1.37 bits per heavy atom. The fraction of sp³-hybridized carbons (Fsp3) is 0.400. The average molecular weight is 320 g/mol. The maximum atomic E-state index is 6.11. The van der Waals surface area contributed by atoms with Gasteiger partial charge in [0.15, 0.2) is 0 Å². The Labute approximate surface area is 121 Å². The first-order chi connectivity index (χ1) is 9.00. The van der Waals surface area contributed by atoms with Crippen molar-refractivity contribution in [1.29, 1.82) is 0 Å². The molecule has 100 valence electrons. The van der Waals surface area contributed by atoms with Gasteiger partial charge in [0, 0.05) is 0 Å². The van der Waals surface area contributed by atoms with Gasteiger partial charge in [-0.05, 0) is 45.3 Å². The summed E-state index contributed by atoms with van der Waals surface area (Å²) in [6.07, 6.45) is 3.99. The second-order valence-corrected chi connectivity index (χ2v) is 6.70. The fourth-order valence-electron chi connectivity index (χ4n) is 3.04. The summed E-state index contributed by atoms with van der Waals surface area (Å²) in [7, 11) is 0. The number of hydrogen-bond donors (Lipinski definition) is 1. The van der Waals surface area contributed by atoms with Crippen molar-refractivity contribution in [3.8, 4) is 0 Å². The Kier molecular flexibility index (Phi) is 2.93. The minimum absolute atomic E-state index is 0.228. The highest BCUT2D eigenvalue weighted by Gasteiger charge is 2.34. The van der Waals surface area contributed by atoms with Crippen LogP contribution in [0.5, 0.6) is 0 Å². The molecule has 3 nitrogen and oxygen atoms in total. The highest BCUT2D eigenvalue weighted by molar-refractivity contribution is 9.10. The molecule has 0 fully saturated rings. The van der Waals surface area contributed by atoms with Crippen molar-refractivity contribution in [1.82, 2.24) is 9.78 Å². The van der Waals surface area contributed by atoms with Crippen LogP contribution in [0, 0.1) is 0 Å². The van der Waals surface area contributed by atoms with E-state index in [9.17, 15) is 0 Å². The standard InChI is InChI=1S/C15H18BrN3/c1-15(2)8-7-13(10-5-3-4-6-11(10)15)19-14(17)12(16)9-18-19/h3-6,9,13H,7-8,17H2,1-2H3. The van der Waals surface area contributed by atoms with Crippen molar-refractivity contribution in [2.75, 3.05) is 5.73 Å². The molecule has 19 heavy (non-hydrogen) atoms. The number of nitrogen functional groups attached to an aromatic ring is 1. The second kappa shape index (κ2) is 4.37. The lowest BCUT2D eigenvalue weighted by Gasteiger charge is -2.37. The summed E-state index contributed by atoms with van der Waals surface area (Å²) in [5.41, 5.74) is 9.10. The summed E-state index contributed by atoms with van der Waals surface area (Å²) in [6, 6.07) is 8.90. The Morgan fingerprint density at radius 2 is 2.11 bits per heavy atom. The molecular weight excluding hydrogens is 302 g/mol. The van der Waals surface area contributed by atoms with E-state index in [2.05, 4.69) is 59.1 Å². The van der Waals surface area contributed by atoms with Gasteiger partial charge in [-0.3, -0.25) is 0 Å². The minimum atomic E-state index is 0.228. The van der Waals surface area contributed by atoms with Crippen LogP contribution in [-0.2, 0) is 5.41 Å². The predicted octanol–water partition coefficient (Wildman–Crippen LogP) is 3.89. The number of anilines is 1. The third-order valence-electron chi connectivity index (χ3n) is 4.17. The van der Waals surface area contributed by atoms with Crippen molar-refractivity contribution >= 4 is 21.7 Å². The third-order valence-corrected chi connectivity index (χ3v) is 4.78. The maximum absolute atomic E-state index is 6.11. The number of aromatic nitrogens is 2. The molecule has 0 spiro atoms. The lowest BCUT2D eigenvalue weighted by atomic mass is 9.71. The Morgan fingerprint density at radius 3 is 2.79 bits per heavy atom. The molecule has 0 bridgehead atoms.